The second kappa shape index (κ2) is 7.33. The lowest BCUT2D eigenvalue weighted by Crippen LogP contribution is -2.41. The van der Waals surface area contributed by atoms with Crippen molar-refractivity contribution in [2.75, 3.05) is 0 Å². The number of carbonyl (C=O) groups excluding carboxylic acids is 1. The van der Waals surface area contributed by atoms with Crippen molar-refractivity contribution in [3.8, 4) is 0 Å². The summed E-state index contributed by atoms with van der Waals surface area (Å²) in [6, 6.07) is 6.45. The largest absolute Gasteiger partial charge is 0.276 e. The van der Waals surface area contributed by atoms with Crippen molar-refractivity contribution in [1.82, 2.24) is 10.3 Å². The summed E-state index contributed by atoms with van der Waals surface area (Å²) in [6.07, 6.45) is 2.95. The van der Waals surface area contributed by atoms with E-state index in [1.165, 1.54) is 33.9 Å². The number of amides is 1. The van der Waals surface area contributed by atoms with Crippen LogP contribution in [-0.4, -0.2) is 14.3 Å². The highest BCUT2D eigenvalue weighted by Crippen LogP contribution is 2.40. The SMILES string of the molecule is CC(C)(C)[C@@H]1CCc2sc(C(=O)NNS(=O)(=O)c3cccc(F)c3)cc2C1. The Morgan fingerprint density at radius 1 is 1.26 bits per heavy atom. The minimum Gasteiger partial charge on any atom is -0.273 e. The molecule has 2 aromatic rings. The number of halogens is 1. The quantitative estimate of drug-likeness (QED) is 0.756. The molecule has 1 amide bonds. The number of aryl methyl sites for hydroxylation is 1. The van der Waals surface area contributed by atoms with Gasteiger partial charge >= 0.3 is 0 Å². The number of thiophene rings is 1. The smallest absolute Gasteiger partial charge is 0.273 e. The van der Waals surface area contributed by atoms with Crippen molar-refractivity contribution in [1.29, 1.82) is 0 Å². The van der Waals surface area contributed by atoms with Crippen LogP contribution in [0.15, 0.2) is 35.2 Å². The van der Waals surface area contributed by atoms with Crippen LogP contribution in [0.3, 0.4) is 0 Å². The van der Waals surface area contributed by atoms with Crippen molar-refractivity contribution in [2.45, 2.75) is 44.9 Å². The summed E-state index contributed by atoms with van der Waals surface area (Å²) in [7, 11) is -4.03. The minimum atomic E-state index is -4.03. The van der Waals surface area contributed by atoms with Gasteiger partial charge in [0.05, 0.1) is 9.77 Å². The first-order chi connectivity index (χ1) is 12.6. The molecule has 0 aliphatic heterocycles. The van der Waals surface area contributed by atoms with Crippen molar-refractivity contribution in [2.24, 2.45) is 11.3 Å². The molecule has 1 aliphatic rings. The summed E-state index contributed by atoms with van der Waals surface area (Å²) in [6.45, 7) is 6.68. The highest BCUT2D eigenvalue weighted by molar-refractivity contribution is 7.89. The maximum Gasteiger partial charge on any atom is 0.276 e. The molecule has 146 valence electrons. The van der Waals surface area contributed by atoms with E-state index in [1.54, 1.807) is 0 Å². The molecule has 3 rings (SSSR count). The van der Waals surface area contributed by atoms with E-state index < -0.39 is 21.7 Å². The first-order valence-electron chi connectivity index (χ1n) is 8.75. The van der Waals surface area contributed by atoms with Gasteiger partial charge in [0.25, 0.3) is 15.9 Å². The number of hydrogen-bond acceptors (Lipinski definition) is 4. The molecule has 0 unspecified atom stereocenters. The number of fused-ring (bicyclic) bond motifs is 1. The zero-order chi connectivity index (χ0) is 19.8. The monoisotopic (exact) mass is 410 g/mol. The Morgan fingerprint density at radius 2 is 2.00 bits per heavy atom. The van der Waals surface area contributed by atoms with Crippen LogP contribution in [0.2, 0.25) is 0 Å². The Kier molecular flexibility index (Phi) is 5.42. The Hall–Kier alpha value is -1.77. The number of hydrazine groups is 1. The van der Waals surface area contributed by atoms with Crippen LogP contribution < -0.4 is 10.3 Å². The van der Waals surface area contributed by atoms with E-state index in [0.717, 1.165) is 31.4 Å². The molecule has 1 aliphatic carbocycles. The molecule has 2 N–H and O–H groups in total. The van der Waals surface area contributed by atoms with Crippen LogP contribution in [0.1, 0.15) is 47.3 Å². The maximum atomic E-state index is 13.2. The molecule has 8 heteroatoms. The molecular weight excluding hydrogens is 387 g/mol. The second-order valence-electron chi connectivity index (χ2n) is 7.88. The Bertz CT molecular complexity index is 962. The lowest BCUT2D eigenvalue weighted by molar-refractivity contribution is 0.0949. The number of hydrogen-bond donors (Lipinski definition) is 2. The van der Waals surface area contributed by atoms with E-state index in [4.69, 9.17) is 0 Å². The first-order valence-corrected chi connectivity index (χ1v) is 11.1. The average Bonchev–Trinajstić information content (AvgIpc) is 3.02. The summed E-state index contributed by atoms with van der Waals surface area (Å²) in [4.78, 5) is 15.8. The predicted molar refractivity (Wildman–Crippen MR) is 103 cm³/mol. The zero-order valence-corrected chi connectivity index (χ0v) is 17.1. The molecule has 0 radical (unpaired) electrons. The van der Waals surface area contributed by atoms with E-state index in [1.807, 2.05) is 10.9 Å². The Labute approximate surface area is 163 Å². The summed E-state index contributed by atoms with van der Waals surface area (Å²) >= 11 is 1.40. The van der Waals surface area contributed by atoms with Crippen LogP contribution in [0, 0.1) is 17.2 Å². The molecule has 27 heavy (non-hydrogen) atoms. The topological polar surface area (TPSA) is 75.3 Å². The van der Waals surface area contributed by atoms with Gasteiger partial charge in [-0.15, -0.1) is 16.2 Å². The lowest BCUT2D eigenvalue weighted by Gasteiger charge is -2.33. The second-order valence-corrected chi connectivity index (χ2v) is 10.7. The van der Waals surface area contributed by atoms with E-state index >= 15 is 0 Å². The van der Waals surface area contributed by atoms with Gasteiger partial charge in [-0.1, -0.05) is 26.8 Å². The molecule has 0 bridgehead atoms. The van der Waals surface area contributed by atoms with Gasteiger partial charge in [0, 0.05) is 4.88 Å². The fraction of sp³-hybridized carbons (Fsp3) is 0.421. The molecule has 1 aromatic carbocycles. The Balaban J connectivity index is 1.69. The van der Waals surface area contributed by atoms with Crippen LogP contribution in [0.5, 0.6) is 0 Å². The van der Waals surface area contributed by atoms with Crippen LogP contribution in [0.4, 0.5) is 4.39 Å². The number of nitrogens with one attached hydrogen (secondary N) is 2. The third-order valence-electron chi connectivity index (χ3n) is 4.94. The summed E-state index contributed by atoms with van der Waals surface area (Å²) in [5.41, 5.74) is 3.60. The summed E-state index contributed by atoms with van der Waals surface area (Å²) in [5, 5.41) is 0. The number of benzene rings is 1. The molecule has 1 heterocycles. The van der Waals surface area contributed by atoms with Gasteiger partial charge in [-0.25, -0.2) is 12.8 Å². The van der Waals surface area contributed by atoms with Gasteiger partial charge in [-0.3, -0.25) is 10.2 Å². The molecule has 0 spiro atoms. The van der Waals surface area contributed by atoms with Gasteiger partial charge in [-0.05, 0) is 60.4 Å². The van der Waals surface area contributed by atoms with Gasteiger partial charge in [0.1, 0.15) is 5.82 Å². The van der Waals surface area contributed by atoms with E-state index in [2.05, 4.69) is 26.2 Å². The fourth-order valence-electron chi connectivity index (χ4n) is 3.24. The number of sulfonamides is 1. The first kappa shape index (κ1) is 20.0. The molecule has 5 nitrogen and oxygen atoms in total. The van der Waals surface area contributed by atoms with Gasteiger partial charge in [0.15, 0.2) is 0 Å². The highest BCUT2D eigenvalue weighted by atomic mass is 32.2. The molecule has 0 saturated carbocycles. The minimum absolute atomic E-state index is 0.211. The van der Waals surface area contributed by atoms with Crippen molar-refractivity contribution in [3.05, 3.63) is 51.5 Å². The molecule has 1 aromatic heterocycles. The van der Waals surface area contributed by atoms with E-state index in [-0.39, 0.29) is 10.3 Å². The van der Waals surface area contributed by atoms with E-state index in [0.29, 0.717) is 10.8 Å². The fourth-order valence-corrected chi connectivity index (χ4v) is 5.22. The lowest BCUT2D eigenvalue weighted by atomic mass is 9.72. The van der Waals surface area contributed by atoms with Crippen LogP contribution in [0.25, 0.3) is 0 Å². The third-order valence-corrected chi connectivity index (χ3v) is 7.42. The van der Waals surface area contributed by atoms with Crippen molar-refractivity contribution in [3.63, 3.8) is 0 Å². The van der Waals surface area contributed by atoms with Crippen LogP contribution in [-0.2, 0) is 22.9 Å². The predicted octanol–water partition coefficient (Wildman–Crippen LogP) is 3.66. The Morgan fingerprint density at radius 3 is 2.67 bits per heavy atom. The molecular formula is C19H23FN2O3S2. The number of rotatable bonds is 4. The summed E-state index contributed by atoms with van der Waals surface area (Å²) in [5.74, 6) is -0.618. The molecule has 0 saturated heterocycles. The van der Waals surface area contributed by atoms with Crippen molar-refractivity contribution < 1.29 is 17.6 Å². The normalized spacial score (nSPS) is 17.4. The third kappa shape index (κ3) is 4.56. The highest BCUT2D eigenvalue weighted by Gasteiger charge is 2.30. The van der Waals surface area contributed by atoms with Gasteiger partial charge in [-0.2, -0.15) is 0 Å². The summed E-state index contributed by atoms with van der Waals surface area (Å²) < 4.78 is 37.6. The van der Waals surface area contributed by atoms with Crippen LogP contribution >= 0.6 is 11.3 Å². The average molecular weight is 411 g/mol. The van der Waals surface area contributed by atoms with Crippen molar-refractivity contribution >= 4 is 27.3 Å². The van der Waals surface area contributed by atoms with Gasteiger partial charge < -0.3 is 0 Å². The molecule has 1 atom stereocenters. The standard InChI is InChI=1S/C19H23FN2O3S2/c1-19(2,3)13-7-8-16-12(9-13)10-17(26-16)18(23)21-22-27(24,25)15-6-4-5-14(20)11-15/h4-6,10-11,13,22H,7-9H2,1-3H3,(H,21,23)/t13-/m1/s1. The maximum absolute atomic E-state index is 13.2. The molecule has 0 fully saturated rings. The van der Waals surface area contributed by atoms with E-state index in [9.17, 15) is 17.6 Å². The zero-order valence-electron chi connectivity index (χ0n) is 15.5. The van der Waals surface area contributed by atoms with Gasteiger partial charge in [0.2, 0.25) is 0 Å². The number of carbonyl (C=O) groups is 1.